The van der Waals surface area contributed by atoms with Crippen molar-refractivity contribution in [3.63, 3.8) is 0 Å². The van der Waals surface area contributed by atoms with Crippen molar-refractivity contribution in [2.45, 2.75) is 69.6 Å². The molecule has 0 bridgehead atoms. The van der Waals surface area contributed by atoms with Gasteiger partial charge in [0.25, 0.3) is 5.91 Å². The van der Waals surface area contributed by atoms with E-state index in [1.807, 2.05) is 0 Å². The number of likely N-dealkylation sites (tertiary alicyclic amines) is 2. The number of carbonyl (C=O) groups excluding carboxylic acids is 6. The second-order valence-corrected chi connectivity index (χ2v) is 8.90. The minimum atomic E-state index is -1.96. The highest BCUT2D eigenvalue weighted by Gasteiger charge is 2.54. The quantitative estimate of drug-likeness (QED) is 0.317. The molecule has 3 rings (SSSR count). The molecule has 1 aromatic rings. The molecule has 10 nitrogen and oxygen atoms in total. The second kappa shape index (κ2) is 10.3. The van der Waals surface area contributed by atoms with Crippen molar-refractivity contribution in [2.75, 3.05) is 6.54 Å². The zero-order valence-corrected chi connectivity index (χ0v) is 19.4. The van der Waals surface area contributed by atoms with Gasteiger partial charge in [-0.2, -0.15) is 0 Å². The molecule has 34 heavy (non-hydrogen) atoms. The van der Waals surface area contributed by atoms with Crippen molar-refractivity contribution < 1.29 is 28.8 Å². The number of carbonyl (C=O) groups is 6. The molecule has 4 atom stereocenters. The van der Waals surface area contributed by atoms with Crippen LogP contribution in [0.3, 0.4) is 0 Å². The van der Waals surface area contributed by atoms with Gasteiger partial charge in [-0.3, -0.25) is 28.9 Å². The van der Waals surface area contributed by atoms with Crippen LogP contribution < -0.4 is 11.1 Å². The van der Waals surface area contributed by atoms with Gasteiger partial charge in [-0.25, -0.2) is 0 Å². The number of rotatable bonds is 7. The van der Waals surface area contributed by atoms with Gasteiger partial charge >= 0.3 is 0 Å². The first-order valence-corrected chi connectivity index (χ1v) is 11.4. The topological polar surface area (TPSA) is 147 Å². The van der Waals surface area contributed by atoms with E-state index in [2.05, 4.69) is 5.32 Å². The Morgan fingerprint density at radius 2 is 1.85 bits per heavy atom. The summed E-state index contributed by atoms with van der Waals surface area (Å²) < 4.78 is 0. The van der Waals surface area contributed by atoms with Crippen LogP contribution in [0.25, 0.3) is 0 Å². The predicted molar refractivity (Wildman–Crippen MR) is 121 cm³/mol. The van der Waals surface area contributed by atoms with Crippen LogP contribution in [0, 0.1) is 0 Å². The molecule has 2 aliphatic rings. The van der Waals surface area contributed by atoms with Crippen LogP contribution in [0.2, 0.25) is 0 Å². The van der Waals surface area contributed by atoms with Crippen LogP contribution >= 0.6 is 0 Å². The van der Waals surface area contributed by atoms with Gasteiger partial charge in [-0.15, -0.1) is 0 Å². The molecular weight excluding hydrogens is 440 g/mol. The largest absolute Gasteiger partial charge is 0.343 e. The van der Waals surface area contributed by atoms with Crippen molar-refractivity contribution in [1.82, 2.24) is 15.1 Å². The van der Waals surface area contributed by atoms with Crippen molar-refractivity contribution in [1.29, 1.82) is 0 Å². The molecule has 2 fully saturated rings. The SMILES string of the molecule is C[C@H](N)C(=O)N[C@@H](C)C(=O)N1CCC[C@H]1C(=O)N1C(=O)CCC(=O)[C@@]1(C=O)Cc1ccccc1. The molecule has 2 saturated heterocycles. The summed E-state index contributed by atoms with van der Waals surface area (Å²) in [4.78, 5) is 79.1. The van der Waals surface area contributed by atoms with Gasteiger partial charge < -0.3 is 20.7 Å². The molecule has 0 aromatic heterocycles. The Kier molecular flexibility index (Phi) is 7.61. The summed E-state index contributed by atoms with van der Waals surface area (Å²) in [6, 6.07) is 5.92. The number of nitrogens with two attached hydrogens (primary N) is 1. The van der Waals surface area contributed by atoms with Crippen molar-refractivity contribution in [2.24, 2.45) is 5.73 Å². The third kappa shape index (κ3) is 4.77. The Labute approximate surface area is 197 Å². The molecule has 2 heterocycles. The fourth-order valence-corrected chi connectivity index (χ4v) is 4.55. The van der Waals surface area contributed by atoms with E-state index in [4.69, 9.17) is 5.73 Å². The van der Waals surface area contributed by atoms with Crippen LogP contribution in [-0.4, -0.2) is 75.7 Å². The third-order valence-electron chi connectivity index (χ3n) is 6.39. The molecular formula is C24H30N4O6. The van der Waals surface area contributed by atoms with Gasteiger partial charge in [0.1, 0.15) is 12.1 Å². The van der Waals surface area contributed by atoms with Crippen LogP contribution in [0.4, 0.5) is 0 Å². The molecule has 3 N–H and O–H groups in total. The number of hydrogen-bond acceptors (Lipinski definition) is 7. The van der Waals surface area contributed by atoms with E-state index in [1.54, 1.807) is 30.3 Å². The maximum Gasteiger partial charge on any atom is 0.253 e. The Hall–Kier alpha value is -3.40. The maximum atomic E-state index is 13.7. The molecule has 0 radical (unpaired) electrons. The van der Waals surface area contributed by atoms with E-state index in [9.17, 15) is 28.8 Å². The first-order valence-electron chi connectivity index (χ1n) is 11.4. The van der Waals surface area contributed by atoms with Crippen LogP contribution in [0.15, 0.2) is 30.3 Å². The lowest BCUT2D eigenvalue weighted by Crippen LogP contribution is -2.67. The molecule has 10 heteroatoms. The van der Waals surface area contributed by atoms with Gasteiger partial charge in [0.05, 0.1) is 6.04 Å². The zero-order valence-electron chi connectivity index (χ0n) is 19.4. The fourth-order valence-electron chi connectivity index (χ4n) is 4.55. The van der Waals surface area contributed by atoms with E-state index >= 15 is 0 Å². The molecule has 1 aromatic carbocycles. The van der Waals surface area contributed by atoms with Crippen LogP contribution in [-0.2, 0) is 35.2 Å². The fraction of sp³-hybridized carbons (Fsp3) is 0.500. The summed E-state index contributed by atoms with van der Waals surface area (Å²) >= 11 is 0. The summed E-state index contributed by atoms with van der Waals surface area (Å²) in [6.45, 7) is 3.22. The molecule has 0 saturated carbocycles. The van der Waals surface area contributed by atoms with Crippen molar-refractivity contribution >= 4 is 35.7 Å². The van der Waals surface area contributed by atoms with Gasteiger partial charge in [0.15, 0.2) is 17.6 Å². The number of aldehydes is 1. The van der Waals surface area contributed by atoms with E-state index in [0.29, 0.717) is 18.3 Å². The van der Waals surface area contributed by atoms with E-state index in [0.717, 1.165) is 4.90 Å². The summed E-state index contributed by atoms with van der Waals surface area (Å²) in [5.41, 5.74) is 4.22. The average Bonchev–Trinajstić information content (AvgIpc) is 3.31. The predicted octanol–water partition coefficient (Wildman–Crippen LogP) is -0.272. The summed E-state index contributed by atoms with van der Waals surface area (Å²) in [7, 11) is 0. The molecule has 4 amide bonds. The first-order chi connectivity index (χ1) is 16.1. The van der Waals surface area contributed by atoms with Crippen LogP contribution in [0.5, 0.6) is 0 Å². The first kappa shape index (κ1) is 25.2. The van der Waals surface area contributed by atoms with Crippen molar-refractivity contribution in [3.05, 3.63) is 35.9 Å². The Balaban J connectivity index is 1.90. The van der Waals surface area contributed by atoms with Crippen molar-refractivity contribution in [3.8, 4) is 0 Å². The zero-order chi connectivity index (χ0) is 25.0. The van der Waals surface area contributed by atoms with Gasteiger partial charge in [-0.05, 0) is 32.3 Å². The minimum absolute atomic E-state index is 0.130. The third-order valence-corrected chi connectivity index (χ3v) is 6.39. The van der Waals surface area contributed by atoms with E-state index in [-0.39, 0.29) is 32.2 Å². The number of ketones is 1. The number of nitrogens with one attached hydrogen (secondary N) is 1. The minimum Gasteiger partial charge on any atom is -0.343 e. The number of piperidine rings is 1. The molecule has 0 spiro atoms. The maximum absolute atomic E-state index is 13.7. The molecule has 0 unspecified atom stereocenters. The highest BCUT2D eigenvalue weighted by molar-refractivity contribution is 6.16. The monoisotopic (exact) mass is 470 g/mol. The summed E-state index contributed by atoms with van der Waals surface area (Å²) in [6.07, 6.45) is 0.701. The number of imide groups is 1. The smallest absolute Gasteiger partial charge is 0.253 e. The number of nitrogens with zero attached hydrogens (tertiary/aromatic N) is 2. The standard InChI is InChI=1S/C24H30N4O6/c1-15(25)21(32)26-16(2)22(33)27-12-6-9-18(27)23(34)28-20(31)11-10-19(30)24(28,14-29)13-17-7-4-3-5-8-17/h3-5,7-8,14-16,18H,6,9-13,25H2,1-2H3,(H,26,32)/t15-,16-,18-,24-/m0/s1. The molecule has 2 aliphatic heterocycles. The van der Waals surface area contributed by atoms with Gasteiger partial charge in [0, 0.05) is 25.8 Å². The number of Topliss-reactive ketones (excluding diaryl/α,β-unsaturated/α-hetero) is 1. The van der Waals surface area contributed by atoms with E-state index < -0.39 is 53.1 Å². The lowest BCUT2D eigenvalue weighted by molar-refractivity contribution is -0.167. The molecule has 0 aliphatic carbocycles. The Bertz CT molecular complexity index is 994. The summed E-state index contributed by atoms with van der Waals surface area (Å²) in [5, 5.41) is 2.51. The average molecular weight is 471 g/mol. The number of hydrogen-bond donors (Lipinski definition) is 2. The number of amides is 4. The highest BCUT2D eigenvalue weighted by atomic mass is 16.2. The molecule has 182 valence electrons. The van der Waals surface area contributed by atoms with Crippen LogP contribution in [0.1, 0.15) is 45.1 Å². The second-order valence-electron chi connectivity index (χ2n) is 8.90. The summed E-state index contributed by atoms with van der Waals surface area (Å²) in [5.74, 6) is -2.89. The van der Waals surface area contributed by atoms with Gasteiger partial charge in [0.2, 0.25) is 17.7 Å². The number of benzene rings is 1. The highest BCUT2D eigenvalue weighted by Crippen LogP contribution is 2.32. The Morgan fingerprint density at radius 1 is 1.18 bits per heavy atom. The van der Waals surface area contributed by atoms with Gasteiger partial charge in [-0.1, -0.05) is 30.3 Å². The lowest BCUT2D eigenvalue weighted by Gasteiger charge is -2.42. The van der Waals surface area contributed by atoms with E-state index in [1.165, 1.54) is 18.7 Å². The Morgan fingerprint density at radius 3 is 2.47 bits per heavy atom. The lowest BCUT2D eigenvalue weighted by atomic mass is 9.80. The normalized spacial score (nSPS) is 24.5.